The molecule has 0 aliphatic rings. The molecule has 104 valence electrons. The van der Waals surface area contributed by atoms with Crippen molar-refractivity contribution in [3.8, 4) is 0 Å². The van der Waals surface area contributed by atoms with Gasteiger partial charge in [-0.05, 0) is 55.7 Å². The van der Waals surface area contributed by atoms with E-state index in [0.29, 0.717) is 0 Å². The summed E-state index contributed by atoms with van der Waals surface area (Å²) in [5, 5.41) is 6.06. The molecule has 2 N–H and O–H groups in total. The van der Waals surface area contributed by atoms with E-state index in [4.69, 9.17) is 0 Å². The standard InChI is InChI=1S/C17H20N2O/c1-12-6-4-8-15(10-12)18-11-17(20)19-16-9-5-7-13(2)14(16)3/h4-10,18H,11H2,1-3H3,(H,19,20). The first-order valence-corrected chi connectivity index (χ1v) is 6.73. The highest BCUT2D eigenvalue weighted by atomic mass is 16.1. The second kappa shape index (κ2) is 6.24. The van der Waals surface area contributed by atoms with E-state index in [1.54, 1.807) is 0 Å². The smallest absolute Gasteiger partial charge is 0.243 e. The molecule has 3 heteroatoms. The number of benzene rings is 2. The lowest BCUT2D eigenvalue weighted by atomic mass is 10.1. The van der Waals surface area contributed by atoms with E-state index in [9.17, 15) is 4.79 Å². The van der Waals surface area contributed by atoms with Crippen LogP contribution in [0.3, 0.4) is 0 Å². The van der Waals surface area contributed by atoms with E-state index in [1.165, 1.54) is 11.1 Å². The molecule has 1 amide bonds. The van der Waals surface area contributed by atoms with Crippen molar-refractivity contribution in [3.63, 3.8) is 0 Å². The lowest BCUT2D eigenvalue weighted by molar-refractivity contribution is -0.114. The van der Waals surface area contributed by atoms with Gasteiger partial charge in [-0.1, -0.05) is 24.3 Å². The summed E-state index contributed by atoms with van der Waals surface area (Å²) in [6.45, 7) is 6.34. The zero-order chi connectivity index (χ0) is 14.5. The van der Waals surface area contributed by atoms with Crippen molar-refractivity contribution >= 4 is 17.3 Å². The Balaban J connectivity index is 1.94. The molecule has 20 heavy (non-hydrogen) atoms. The molecule has 0 saturated carbocycles. The van der Waals surface area contributed by atoms with Crippen LogP contribution < -0.4 is 10.6 Å². The van der Waals surface area contributed by atoms with Crippen molar-refractivity contribution in [3.05, 3.63) is 59.2 Å². The summed E-state index contributed by atoms with van der Waals surface area (Å²) in [5.74, 6) is -0.0415. The fraction of sp³-hybridized carbons (Fsp3) is 0.235. The third-order valence-corrected chi connectivity index (χ3v) is 3.35. The summed E-state index contributed by atoms with van der Waals surface area (Å²) in [4.78, 5) is 12.0. The molecule has 0 spiro atoms. The molecule has 0 radical (unpaired) electrons. The molecule has 0 aliphatic heterocycles. The maximum absolute atomic E-state index is 12.0. The Hall–Kier alpha value is -2.29. The molecular formula is C17H20N2O. The number of carbonyl (C=O) groups excluding carboxylic acids is 1. The van der Waals surface area contributed by atoms with Crippen LogP contribution in [-0.4, -0.2) is 12.5 Å². The normalized spacial score (nSPS) is 10.2. The summed E-state index contributed by atoms with van der Waals surface area (Å²) in [6, 6.07) is 13.9. The number of rotatable bonds is 4. The maximum atomic E-state index is 12.0. The maximum Gasteiger partial charge on any atom is 0.243 e. The Morgan fingerprint density at radius 2 is 1.80 bits per heavy atom. The van der Waals surface area contributed by atoms with Gasteiger partial charge in [-0.15, -0.1) is 0 Å². The number of hydrogen-bond acceptors (Lipinski definition) is 2. The summed E-state index contributed by atoms with van der Waals surface area (Å²) in [6.07, 6.45) is 0. The molecule has 0 heterocycles. The number of carbonyl (C=O) groups is 1. The van der Waals surface area contributed by atoms with Crippen molar-refractivity contribution in [2.75, 3.05) is 17.2 Å². The van der Waals surface area contributed by atoms with Crippen LogP contribution >= 0.6 is 0 Å². The number of nitrogens with one attached hydrogen (secondary N) is 2. The van der Waals surface area contributed by atoms with Crippen molar-refractivity contribution in [1.29, 1.82) is 0 Å². The van der Waals surface area contributed by atoms with Gasteiger partial charge in [0.1, 0.15) is 0 Å². The lowest BCUT2D eigenvalue weighted by Gasteiger charge is -2.11. The number of aryl methyl sites for hydroxylation is 2. The second-order valence-corrected chi connectivity index (χ2v) is 5.02. The molecule has 0 fully saturated rings. The van der Waals surface area contributed by atoms with Crippen LogP contribution in [0.25, 0.3) is 0 Å². The third kappa shape index (κ3) is 3.60. The highest BCUT2D eigenvalue weighted by molar-refractivity contribution is 5.94. The molecule has 2 rings (SSSR count). The van der Waals surface area contributed by atoms with E-state index in [1.807, 2.05) is 63.2 Å². The zero-order valence-electron chi connectivity index (χ0n) is 12.2. The minimum atomic E-state index is -0.0415. The number of amides is 1. The molecule has 0 saturated heterocycles. The van der Waals surface area contributed by atoms with Gasteiger partial charge in [0.2, 0.25) is 5.91 Å². The Bertz CT molecular complexity index is 620. The summed E-state index contributed by atoms with van der Waals surface area (Å²) < 4.78 is 0. The van der Waals surface area contributed by atoms with Gasteiger partial charge >= 0.3 is 0 Å². The largest absolute Gasteiger partial charge is 0.376 e. The molecule has 0 atom stereocenters. The Kier molecular flexibility index (Phi) is 4.41. The van der Waals surface area contributed by atoms with Crippen LogP contribution in [0.5, 0.6) is 0 Å². The predicted molar refractivity (Wildman–Crippen MR) is 84.2 cm³/mol. The zero-order valence-corrected chi connectivity index (χ0v) is 12.2. The summed E-state index contributed by atoms with van der Waals surface area (Å²) in [5.41, 5.74) is 5.29. The number of anilines is 2. The molecule has 0 aromatic heterocycles. The van der Waals surface area contributed by atoms with Gasteiger partial charge in [0.15, 0.2) is 0 Å². The fourth-order valence-corrected chi connectivity index (χ4v) is 2.02. The number of hydrogen-bond donors (Lipinski definition) is 2. The van der Waals surface area contributed by atoms with Crippen LogP contribution in [0.2, 0.25) is 0 Å². The fourth-order valence-electron chi connectivity index (χ4n) is 2.02. The molecule has 3 nitrogen and oxygen atoms in total. The first-order chi connectivity index (χ1) is 9.56. The SMILES string of the molecule is Cc1cccc(NCC(=O)Nc2cccc(C)c2C)c1. The molecule has 0 aliphatic carbocycles. The van der Waals surface area contributed by atoms with E-state index in [-0.39, 0.29) is 12.5 Å². The van der Waals surface area contributed by atoms with Crippen molar-refractivity contribution < 1.29 is 4.79 Å². The van der Waals surface area contributed by atoms with Gasteiger partial charge in [-0.2, -0.15) is 0 Å². The predicted octanol–water partition coefficient (Wildman–Crippen LogP) is 3.66. The lowest BCUT2D eigenvalue weighted by Crippen LogP contribution is -2.22. The molecule has 0 unspecified atom stereocenters. The Morgan fingerprint density at radius 3 is 2.55 bits per heavy atom. The van der Waals surface area contributed by atoms with Gasteiger partial charge in [0, 0.05) is 11.4 Å². The first kappa shape index (κ1) is 14.1. The van der Waals surface area contributed by atoms with E-state index < -0.39 is 0 Å². The highest BCUT2D eigenvalue weighted by Gasteiger charge is 2.05. The average molecular weight is 268 g/mol. The van der Waals surface area contributed by atoms with Gasteiger partial charge in [-0.25, -0.2) is 0 Å². The Morgan fingerprint density at radius 1 is 1.05 bits per heavy atom. The van der Waals surface area contributed by atoms with E-state index in [0.717, 1.165) is 16.9 Å². The molecule has 2 aromatic carbocycles. The minimum absolute atomic E-state index is 0.0415. The molecule has 0 bridgehead atoms. The van der Waals surface area contributed by atoms with Gasteiger partial charge in [-0.3, -0.25) is 4.79 Å². The summed E-state index contributed by atoms with van der Waals surface area (Å²) in [7, 11) is 0. The van der Waals surface area contributed by atoms with Crippen molar-refractivity contribution in [2.45, 2.75) is 20.8 Å². The monoisotopic (exact) mass is 268 g/mol. The minimum Gasteiger partial charge on any atom is -0.376 e. The molecule has 2 aromatic rings. The van der Waals surface area contributed by atoms with Crippen LogP contribution in [0.1, 0.15) is 16.7 Å². The van der Waals surface area contributed by atoms with E-state index in [2.05, 4.69) is 10.6 Å². The topological polar surface area (TPSA) is 41.1 Å². The summed E-state index contributed by atoms with van der Waals surface area (Å²) >= 11 is 0. The first-order valence-electron chi connectivity index (χ1n) is 6.73. The van der Waals surface area contributed by atoms with Crippen molar-refractivity contribution in [1.82, 2.24) is 0 Å². The van der Waals surface area contributed by atoms with Gasteiger partial charge in [0.05, 0.1) is 6.54 Å². The highest BCUT2D eigenvalue weighted by Crippen LogP contribution is 2.17. The van der Waals surface area contributed by atoms with Crippen LogP contribution in [0, 0.1) is 20.8 Å². The second-order valence-electron chi connectivity index (χ2n) is 5.02. The van der Waals surface area contributed by atoms with Crippen LogP contribution in [0.15, 0.2) is 42.5 Å². The molecular weight excluding hydrogens is 248 g/mol. The van der Waals surface area contributed by atoms with Gasteiger partial charge in [0.25, 0.3) is 0 Å². The van der Waals surface area contributed by atoms with Crippen molar-refractivity contribution in [2.24, 2.45) is 0 Å². The average Bonchev–Trinajstić information content (AvgIpc) is 2.42. The van der Waals surface area contributed by atoms with Gasteiger partial charge < -0.3 is 10.6 Å². The van der Waals surface area contributed by atoms with Crippen LogP contribution in [0.4, 0.5) is 11.4 Å². The quantitative estimate of drug-likeness (QED) is 0.888. The third-order valence-electron chi connectivity index (χ3n) is 3.35. The Labute approximate surface area is 120 Å². The van der Waals surface area contributed by atoms with Crippen LogP contribution in [-0.2, 0) is 4.79 Å². The van der Waals surface area contributed by atoms with E-state index >= 15 is 0 Å².